The smallest absolute Gasteiger partial charge is 0.419 e. The number of aromatic nitrogens is 3. The zero-order valence-electron chi connectivity index (χ0n) is 25.5. The molecule has 42 heavy (non-hydrogen) atoms. The van der Waals surface area contributed by atoms with Gasteiger partial charge in [-0.25, -0.2) is 9.59 Å². The Hall–Kier alpha value is -4.11. The molecule has 0 N–H and O–H groups in total. The summed E-state index contributed by atoms with van der Waals surface area (Å²) < 4.78 is 20.1. The number of piperidine rings is 1. The first-order chi connectivity index (χ1) is 20.0. The molecule has 2 atom stereocenters. The molecule has 1 saturated heterocycles. The number of esters is 1. The van der Waals surface area contributed by atoms with Crippen LogP contribution in [0.25, 0.3) is 10.9 Å². The Labute approximate surface area is 247 Å². The Morgan fingerprint density at radius 2 is 1.81 bits per heavy atom. The molecule has 2 aromatic heterocycles. The molecule has 0 amide bonds. The summed E-state index contributed by atoms with van der Waals surface area (Å²) in [5, 5.41) is 5.38. The van der Waals surface area contributed by atoms with Crippen LogP contribution in [0, 0.1) is 6.92 Å². The normalized spacial score (nSPS) is 17.8. The Morgan fingerprint density at radius 3 is 2.43 bits per heavy atom. The third-order valence-electron chi connectivity index (χ3n) is 8.11. The van der Waals surface area contributed by atoms with Crippen molar-refractivity contribution < 1.29 is 23.8 Å². The van der Waals surface area contributed by atoms with Crippen LogP contribution in [-0.4, -0.2) is 57.7 Å². The second-order valence-electron chi connectivity index (χ2n) is 12.0. The molecule has 0 bridgehead atoms. The molecule has 4 aromatic rings. The standard InChI is InChI=1S/C33H40N4O5/c1-21-18-29(40-6)26(25-14-17-37(30(21)25)32(39)42-33(2,3)4)20-36-16-13-24(27-12-15-34-35(27)5)19-28(36)22-8-10-23(11-9-22)31(38)41-7/h8-12,14-15,17-18,24,28H,13,16,19-20H2,1-7H3/t24?,28-/m0/s1. The van der Waals surface area contributed by atoms with Crippen molar-refractivity contribution in [3.63, 3.8) is 0 Å². The minimum absolute atomic E-state index is 0.0827. The van der Waals surface area contributed by atoms with Crippen LogP contribution in [0.2, 0.25) is 0 Å². The molecule has 0 radical (unpaired) electrons. The number of methoxy groups -OCH3 is 2. The first-order valence-corrected chi connectivity index (χ1v) is 14.3. The average molecular weight is 573 g/mol. The van der Waals surface area contributed by atoms with Gasteiger partial charge in [-0.3, -0.25) is 14.1 Å². The van der Waals surface area contributed by atoms with Crippen molar-refractivity contribution in [3.8, 4) is 5.75 Å². The van der Waals surface area contributed by atoms with Gasteiger partial charge in [0.2, 0.25) is 0 Å². The molecule has 0 spiro atoms. The van der Waals surface area contributed by atoms with Gasteiger partial charge in [0, 0.05) is 54.6 Å². The summed E-state index contributed by atoms with van der Waals surface area (Å²) >= 11 is 0. The van der Waals surface area contributed by atoms with E-state index in [2.05, 4.69) is 16.1 Å². The number of ether oxygens (including phenoxy) is 3. The van der Waals surface area contributed by atoms with Crippen LogP contribution in [0.3, 0.4) is 0 Å². The first-order valence-electron chi connectivity index (χ1n) is 14.3. The highest BCUT2D eigenvalue weighted by molar-refractivity contribution is 5.95. The highest BCUT2D eigenvalue weighted by Crippen LogP contribution is 2.42. The monoisotopic (exact) mass is 572 g/mol. The maximum absolute atomic E-state index is 13.1. The number of fused-ring (bicyclic) bond motifs is 1. The summed E-state index contributed by atoms with van der Waals surface area (Å²) in [5.74, 6) is 0.777. The molecule has 1 unspecified atom stereocenters. The second kappa shape index (κ2) is 11.6. The van der Waals surface area contributed by atoms with Gasteiger partial charge in [0.15, 0.2) is 0 Å². The highest BCUT2D eigenvalue weighted by atomic mass is 16.6. The van der Waals surface area contributed by atoms with Crippen LogP contribution in [0.5, 0.6) is 5.75 Å². The van der Waals surface area contributed by atoms with Crippen LogP contribution >= 0.6 is 0 Å². The fraction of sp³-hybridized carbons (Fsp3) is 0.424. The zero-order valence-corrected chi connectivity index (χ0v) is 25.5. The van der Waals surface area contributed by atoms with E-state index in [4.69, 9.17) is 14.2 Å². The molecular formula is C33H40N4O5. The van der Waals surface area contributed by atoms with Crippen molar-refractivity contribution in [1.82, 2.24) is 19.2 Å². The lowest BCUT2D eigenvalue weighted by atomic mass is 9.84. The molecule has 0 aliphatic carbocycles. The third-order valence-corrected chi connectivity index (χ3v) is 8.11. The Kier molecular flexibility index (Phi) is 8.14. The molecule has 0 saturated carbocycles. The summed E-state index contributed by atoms with van der Waals surface area (Å²) in [6.45, 7) is 9.06. The van der Waals surface area contributed by atoms with Gasteiger partial charge in [-0.2, -0.15) is 5.10 Å². The minimum atomic E-state index is -0.605. The van der Waals surface area contributed by atoms with Crippen LogP contribution in [0.15, 0.2) is 54.9 Å². The summed E-state index contributed by atoms with van der Waals surface area (Å²) in [7, 11) is 5.07. The fourth-order valence-electron chi connectivity index (χ4n) is 6.14. The highest BCUT2D eigenvalue weighted by Gasteiger charge is 2.33. The molecule has 1 fully saturated rings. The van der Waals surface area contributed by atoms with E-state index in [1.165, 1.54) is 12.8 Å². The summed E-state index contributed by atoms with van der Waals surface area (Å²) in [6.07, 6.45) is 5.11. The van der Waals surface area contributed by atoms with E-state index in [9.17, 15) is 9.59 Å². The summed E-state index contributed by atoms with van der Waals surface area (Å²) in [5.41, 5.74) is 5.05. The van der Waals surface area contributed by atoms with Crippen LogP contribution in [0.4, 0.5) is 4.79 Å². The molecule has 1 aliphatic heterocycles. The topological polar surface area (TPSA) is 87.8 Å². The molecule has 222 valence electrons. The van der Waals surface area contributed by atoms with E-state index in [0.717, 1.165) is 52.7 Å². The predicted octanol–water partition coefficient (Wildman–Crippen LogP) is 6.38. The van der Waals surface area contributed by atoms with Crippen LogP contribution in [0.1, 0.15) is 78.3 Å². The third kappa shape index (κ3) is 5.79. The number of hydrogen-bond acceptors (Lipinski definition) is 7. The average Bonchev–Trinajstić information content (AvgIpc) is 3.60. The molecule has 5 rings (SSSR count). The van der Waals surface area contributed by atoms with Crippen molar-refractivity contribution in [1.29, 1.82) is 0 Å². The SMILES string of the molecule is COC(=O)c1ccc([C@@H]2CC(c3ccnn3C)CCN2Cc2c(OC)cc(C)c3c2ccn3C(=O)OC(C)(C)C)cc1. The molecule has 3 heterocycles. The lowest BCUT2D eigenvalue weighted by molar-refractivity contribution is 0.0542. The maximum atomic E-state index is 13.1. The number of nitrogens with zero attached hydrogens (tertiary/aromatic N) is 4. The van der Waals surface area contributed by atoms with E-state index < -0.39 is 11.7 Å². The first kappa shape index (κ1) is 29.4. The molecule has 2 aromatic carbocycles. The lowest BCUT2D eigenvalue weighted by Crippen LogP contribution is -2.36. The number of benzene rings is 2. The Balaban J connectivity index is 1.54. The number of carbonyl (C=O) groups is 2. The van der Waals surface area contributed by atoms with Crippen molar-refractivity contribution in [2.75, 3.05) is 20.8 Å². The van der Waals surface area contributed by atoms with Crippen molar-refractivity contribution in [2.24, 2.45) is 7.05 Å². The van der Waals surface area contributed by atoms with Crippen LogP contribution in [-0.2, 0) is 23.1 Å². The largest absolute Gasteiger partial charge is 0.496 e. The summed E-state index contributed by atoms with van der Waals surface area (Å²) in [6, 6.07) is 13.9. The van der Waals surface area contributed by atoms with Gasteiger partial charge in [-0.1, -0.05) is 12.1 Å². The Morgan fingerprint density at radius 1 is 1.07 bits per heavy atom. The van der Waals surface area contributed by atoms with Crippen molar-refractivity contribution in [2.45, 2.75) is 64.6 Å². The number of aryl methyl sites for hydroxylation is 2. The number of rotatable bonds is 6. The molecular weight excluding hydrogens is 532 g/mol. The van der Waals surface area contributed by atoms with Gasteiger partial charge in [-0.15, -0.1) is 0 Å². The summed E-state index contributed by atoms with van der Waals surface area (Å²) in [4.78, 5) is 27.7. The maximum Gasteiger partial charge on any atom is 0.419 e. The zero-order chi connectivity index (χ0) is 30.2. The number of hydrogen-bond donors (Lipinski definition) is 0. The number of likely N-dealkylation sites (tertiary alicyclic amines) is 1. The van der Waals surface area contributed by atoms with E-state index in [-0.39, 0.29) is 12.0 Å². The van der Waals surface area contributed by atoms with Gasteiger partial charge in [0.1, 0.15) is 11.4 Å². The van der Waals surface area contributed by atoms with Crippen molar-refractivity contribution >= 4 is 23.0 Å². The van der Waals surface area contributed by atoms with Crippen molar-refractivity contribution in [3.05, 3.63) is 82.8 Å². The number of carbonyl (C=O) groups excluding carboxylic acids is 2. The van der Waals surface area contributed by atoms with Gasteiger partial charge in [0.05, 0.1) is 25.3 Å². The van der Waals surface area contributed by atoms with Gasteiger partial charge >= 0.3 is 12.1 Å². The molecule has 1 aliphatic rings. The van der Waals surface area contributed by atoms with Crippen LogP contribution < -0.4 is 4.74 Å². The minimum Gasteiger partial charge on any atom is -0.496 e. The van der Waals surface area contributed by atoms with E-state index in [1.807, 2.05) is 82.0 Å². The Bertz CT molecular complexity index is 1600. The quantitative estimate of drug-likeness (QED) is 0.248. The van der Waals surface area contributed by atoms with Gasteiger partial charge in [-0.05, 0) is 88.5 Å². The lowest BCUT2D eigenvalue weighted by Gasteiger charge is -2.40. The molecule has 9 heteroatoms. The predicted molar refractivity (Wildman–Crippen MR) is 161 cm³/mol. The van der Waals surface area contributed by atoms with E-state index in [0.29, 0.717) is 18.0 Å². The second-order valence-corrected chi connectivity index (χ2v) is 12.0. The van der Waals surface area contributed by atoms with E-state index in [1.54, 1.807) is 17.9 Å². The van der Waals surface area contributed by atoms with E-state index >= 15 is 0 Å². The fourth-order valence-corrected chi connectivity index (χ4v) is 6.14. The van der Waals surface area contributed by atoms with Gasteiger partial charge < -0.3 is 14.2 Å². The molecule has 9 nitrogen and oxygen atoms in total. The van der Waals surface area contributed by atoms with Gasteiger partial charge in [0.25, 0.3) is 0 Å².